The van der Waals surface area contributed by atoms with Crippen LogP contribution >= 0.6 is 0 Å². The van der Waals surface area contributed by atoms with Gasteiger partial charge in [-0.2, -0.15) is 0 Å². The summed E-state index contributed by atoms with van der Waals surface area (Å²) in [6.07, 6.45) is 1.27. The molecule has 2 rings (SSSR count). The first-order valence-electron chi connectivity index (χ1n) is 8.25. The van der Waals surface area contributed by atoms with Gasteiger partial charge in [-0.15, -0.1) is 0 Å². The predicted octanol–water partition coefficient (Wildman–Crippen LogP) is 3.90. The standard InChI is InChI=1S/C20H24O5/c1-4-11-25-18-10-5-14(13-19(18)24-3)12-17(20(21)22)15-6-8-16(23-2)9-7-15/h5-10,13,17H,4,11-12H2,1-3H3,(H,21,22). The van der Waals surface area contributed by atoms with Gasteiger partial charge in [0.15, 0.2) is 11.5 Å². The van der Waals surface area contributed by atoms with E-state index in [9.17, 15) is 9.90 Å². The molecular formula is C20H24O5. The quantitative estimate of drug-likeness (QED) is 0.747. The second-order valence-electron chi connectivity index (χ2n) is 5.70. The molecule has 0 fully saturated rings. The summed E-state index contributed by atoms with van der Waals surface area (Å²) in [4.78, 5) is 11.7. The highest BCUT2D eigenvalue weighted by Crippen LogP contribution is 2.31. The lowest BCUT2D eigenvalue weighted by Gasteiger charge is -2.16. The van der Waals surface area contributed by atoms with Crippen LogP contribution in [-0.4, -0.2) is 31.9 Å². The Labute approximate surface area is 148 Å². The van der Waals surface area contributed by atoms with Crippen LogP contribution in [0.1, 0.15) is 30.4 Å². The number of carbonyl (C=O) groups is 1. The van der Waals surface area contributed by atoms with Crippen LogP contribution in [0.4, 0.5) is 0 Å². The van der Waals surface area contributed by atoms with Gasteiger partial charge in [0.05, 0.1) is 26.7 Å². The summed E-state index contributed by atoms with van der Waals surface area (Å²) in [5, 5.41) is 9.62. The molecule has 1 atom stereocenters. The van der Waals surface area contributed by atoms with Crippen LogP contribution < -0.4 is 14.2 Å². The van der Waals surface area contributed by atoms with Crippen LogP contribution in [0.25, 0.3) is 0 Å². The molecule has 5 nitrogen and oxygen atoms in total. The summed E-state index contributed by atoms with van der Waals surface area (Å²) in [6.45, 7) is 2.65. The molecule has 0 bridgehead atoms. The first kappa shape index (κ1) is 18.6. The number of carboxylic acid groups (broad SMARTS) is 1. The number of benzene rings is 2. The summed E-state index contributed by atoms with van der Waals surface area (Å²) in [7, 11) is 3.16. The Bertz CT molecular complexity index is 694. The first-order valence-corrected chi connectivity index (χ1v) is 8.25. The monoisotopic (exact) mass is 344 g/mol. The van der Waals surface area contributed by atoms with Crippen LogP contribution in [0.3, 0.4) is 0 Å². The van der Waals surface area contributed by atoms with Crippen molar-refractivity contribution in [3.63, 3.8) is 0 Å². The van der Waals surface area contributed by atoms with E-state index in [0.717, 1.165) is 17.5 Å². The maximum Gasteiger partial charge on any atom is 0.311 e. The third-order valence-electron chi connectivity index (χ3n) is 3.95. The second-order valence-corrected chi connectivity index (χ2v) is 5.70. The Morgan fingerprint density at radius 2 is 1.76 bits per heavy atom. The van der Waals surface area contributed by atoms with Gasteiger partial charge in [-0.1, -0.05) is 25.1 Å². The SMILES string of the molecule is CCCOc1ccc(CC(C(=O)O)c2ccc(OC)cc2)cc1OC. The largest absolute Gasteiger partial charge is 0.497 e. The second kappa shape index (κ2) is 8.97. The molecule has 5 heteroatoms. The van der Waals surface area contributed by atoms with Crippen LogP contribution in [-0.2, 0) is 11.2 Å². The van der Waals surface area contributed by atoms with Crippen LogP contribution in [0.2, 0.25) is 0 Å². The van der Waals surface area contributed by atoms with E-state index in [1.807, 2.05) is 25.1 Å². The van der Waals surface area contributed by atoms with Crippen molar-refractivity contribution in [3.05, 3.63) is 53.6 Å². The molecule has 0 heterocycles. The van der Waals surface area contributed by atoms with Gasteiger partial charge in [0.1, 0.15) is 5.75 Å². The highest BCUT2D eigenvalue weighted by atomic mass is 16.5. The van der Waals surface area contributed by atoms with Gasteiger partial charge >= 0.3 is 5.97 Å². The number of ether oxygens (including phenoxy) is 3. The Morgan fingerprint density at radius 3 is 2.32 bits per heavy atom. The van der Waals surface area contributed by atoms with Gasteiger partial charge in [0, 0.05) is 0 Å². The van der Waals surface area contributed by atoms with Crippen molar-refractivity contribution < 1.29 is 24.1 Å². The van der Waals surface area contributed by atoms with E-state index in [-0.39, 0.29) is 0 Å². The van der Waals surface area contributed by atoms with E-state index >= 15 is 0 Å². The molecule has 0 aliphatic rings. The normalized spacial score (nSPS) is 11.6. The molecule has 0 amide bonds. The van der Waals surface area contributed by atoms with Crippen molar-refractivity contribution in [2.24, 2.45) is 0 Å². The summed E-state index contributed by atoms with van der Waals surface area (Å²) >= 11 is 0. The summed E-state index contributed by atoms with van der Waals surface area (Å²) in [5.74, 6) is 0.481. The number of hydrogen-bond donors (Lipinski definition) is 1. The highest BCUT2D eigenvalue weighted by Gasteiger charge is 2.21. The topological polar surface area (TPSA) is 65.0 Å². The number of aliphatic carboxylic acids is 1. The van der Waals surface area contributed by atoms with Gasteiger partial charge in [0.2, 0.25) is 0 Å². The first-order chi connectivity index (χ1) is 12.1. The average Bonchev–Trinajstić information content (AvgIpc) is 2.64. The van der Waals surface area contributed by atoms with Crippen molar-refractivity contribution in [1.29, 1.82) is 0 Å². The molecular weight excluding hydrogens is 320 g/mol. The van der Waals surface area contributed by atoms with E-state index in [2.05, 4.69) is 0 Å². The van der Waals surface area contributed by atoms with Crippen LogP contribution in [0.15, 0.2) is 42.5 Å². The Morgan fingerprint density at radius 1 is 1.04 bits per heavy atom. The van der Waals surface area contributed by atoms with Gasteiger partial charge in [-0.25, -0.2) is 0 Å². The number of rotatable bonds is 9. The minimum absolute atomic E-state index is 0.367. The third-order valence-corrected chi connectivity index (χ3v) is 3.95. The molecule has 2 aromatic carbocycles. The molecule has 134 valence electrons. The number of hydrogen-bond acceptors (Lipinski definition) is 4. The molecule has 1 unspecified atom stereocenters. The molecule has 0 spiro atoms. The van der Waals surface area contributed by atoms with E-state index in [4.69, 9.17) is 14.2 Å². The summed E-state index contributed by atoms with van der Waals surface area (Å²) < 4.78 is 16.1. The molecule has 25 heavy (non-hydrogen) atoms. The van der Waals surface area contributed by atoms with E-state index in [1.54, 1.807) is 38.5 Å². The Hall–Kier alpha value is -2.69. The molecule has 2 aromatic rings. The van der Waals surface area contributed by atoms with Gasteiger partial charge in [-0.05, 0) is 48.2 Å². The van der Waals surface area contributed by atoms with Crippen molar-refractivity contribution in [1.82, 2.24) is 0 Å². The fourth-order valence-electron chi connectivity index (χ4n) is 2.59. The molecule has 1 N–H and O–H groups in total. The maximum absolute atomic E-state index is 11.7. The fourth-order valence-corrected chi connectivity index (χ4v) is 2.59. The van der Waals surface area contributed by atoms with Gasteiger partial charge < -0.3 is 19.3 Å². The van der Waals surface area contributed by atoms with Crippen molar-refractivity contribution in [2.45, 2.75) is 25.7 Å². The van der Waals surface area contributed by atoms with Crippen molar-refractivity contribution in [3.8, 4) is 17.2 Å². The maximum atomic E-state index is 11.7. The molecule has 0 saturated heterocycles. The van der Waals surface area contributed by atoms with Crippen LogP contribution in [0, 0.1) is 0 Å². The molecule has 0 aliphatic carbocycles. The Balaban J connectivity index is 2.22. The fraction of sp³-hybridized carbons (Fsp3) is 0.350. The van der Waals surface area contributed by atoms with E-state index in [0.29, 0.717) is 30.3 Å². The summed E-state index contributed by atoms with van der Waals surface area (Å²) in [5.41, 5.74) is 1.61. The van der Waals surface area contributed by atoms with Crippen molar-refractivity contribution in [2.75, 3.05) is 20.8 Å². The minimum Gasteiger partial charge on any atom is -0.497 e. The Kier molecular flexibility index (Phi) is 6.69. The number of methoxy groups -OCH3 is 2. The van der Waals surface area contributed by atoms with Gasteiger partial charge in [0.25, 0.3) is 0 Å². The third kappa shape index (κ3) is 4.89. The van der Waals surface area contributed by atoms with Crippen molar-refractivity contribution >= 4 is 5.97 Å². The average molecular weight is 344 g/mol. The van der Waals surface area contributed by atoms with E-state index < -0.39 is 11.9 Å². The molecule has 0 aliphatic heterocycles. The summed E-state index contributed by atoms with van der Waals surface area (Å²) in [6, 6.07) is 12.7. The lowest BCUT2D eigenvalue weighted by molar-refractivity contribution is -0.138. The lowest BCUT2D eigenvalue weighted by Crippen LogP contribution is -2.14. The minimum atomic E-state index is -0.865. The smallest absolute Gasteiger partial charge is 0.311 e. The predicted molar refractivity (Wildman–Crippen MR) is 95.9 cm³/mol. The highest BCUT2D eigenvalue weighted by molar-refractivity contribution is 5.76. The van der Waals surface area contributed by atoms with Gasteiger partial charge in [-0.3, -0.25) is 4.79 Å². The molecule has 0 radical (unpaired) electrons. The zero-order chi connectivity index (χ0) is 18.2. The zero-order valence-electron chi connectivity index (χ0n) is 14.8. The zero-order valence-corrected chi connectivity index (χ0v) is 14.8. The molecule has 0 saturated carbocycles. The number of carboxylic acids is 1. The molecule has 0 aromatic heterocycles. The van der Waals surface area contributed by atoms with E-state index in [1.165, 1.54) is 0 Å². The van der Waals surface area contributed by atoms with Crippen LogP contribution in [0.5, 0.6) is 17.2 Å². The lowest BCUT2D eigenvalue weighted by atomic mass is 9.92.